The highest BCUT2D eigenvalue weighted by Crippen LogP contribution is 2.11. The van der Waals surface area contributed by atoms with Crippen LogP contribution in [0.25, 0.3) is 0 Å². The molecular formula is C11H18F2N2OS. The first-order valence-electron chi connectivity index (χ1n) is 5.72. The summed E-state index contributed by atoms with van der Waals surface area (Å²) in [6, 6.07) is 0. The summed E-state index contributed by atoms with van der Waals surface area (Å²) in [6.45, 7) is 3.76. The normalized spacial score (nSPS) is 11.3. The second kappa shape index (κ2) is 8.49. The predicted octanol–water partition coefficient (Wildman–Crippen LogP) is 2.12. The minimum Gasteiger partial charge on any atom is -0.375 e. The SMILES string of the molecule is CCNCCc1csc(CCOCC(F)F)n1. The van der Waals surface area contributed by atoms with Crippen LogP contribution in [0.15, 0.2) is 5.38 Å². The maximum atomic E-state index is 11.8. The van der Waals surface area contributed by atoms with Crippen LogP contribution >= 0.6 is 11.3 Å². The number of alkyl halides is 2. The number of rotatable bonds is 9. The van der Waals surface area contributed by atoms with Crippen molar-refractivity contribution in [2.45, 2.75) is 26.2 Å². The van der Waals surface area contributed by atoms with E-state index in [2.05, 4.69) is 17.2 Å². The van der Waals surface area contributed by atoms with Crippen molar-refractivity contribution in [1.29, 1.82) is 0 Å². The molecule has 0 radical (unpaired) electrons. The summed E-state index contributed by atoms with van der Waals surface area (Å²) < 4.78 is 28.4. The first kappa shape index (κ1) is 14.5. The third-order valence-electron chi connectivity index (χ3n) is 2.11. The predicted molar refractivity (Wildman–Crippen MR) is 64.9 cm³/mol. The van der Waals surface area contributed by atoms with E-state index in [0.29, 0.717) is 13.0 Å². The first-order valence-corrected chi connectivity index (χ1v) is 6.60. The Morgan fingerprint density at radius 1 is 1.47 bits per heavy atom. The fourth-order valence-corrected chi connectivity index (χ4v) is 2.12. The van der Waals surface area contributed by atoms with Crippen molar-refractivity contribution in [2.75, 3.05) is 26.3 Å². The number of nitrogens with one attached hydrogen (secondary N) is 1. The van der Waals surface area contributed by atoms with Gasteiger partial charge in [0.15, 0.2) is 0 Å². The quantitative estimate of drug-likeness (QED) is 0.694. The molecular weight excluding hydrogens is 246 g/mol. The van der Waals surface area contributed by atoms with Gasteiger partial charge >= 0.3 is 0 Å². The molecule has 0 fully saturated rings. The molecule has 1 N–H and O–H groups in total. The van der Waals surface area contributed by atoms with Gasteiger partial charge in [0, 0.05) is 24.8 Å². The highest BCUT2D eigenvalue weighted by atomic mass is 32.1. The summed E-state index contributed by atoms with van der Waals surface area (Å²) >= 11 is 1.56. The van der Waals surface area contributed by atoms with Crippen LogP contribution in [0.2, 0.25) is 0 Å². The van der Waals surface area contributed by atoms with E-state index < -0.39 is 13.0 Å². The average molecular weight is 264 g/mol. The van der Waals surface area contributed by atoms with Gasteiger partial charge in [-0.15, -0.1) is 11.3 Å². The number of likely N-dealkylation sites (N-methyl/N-ethyl adjacent to an activating group) is 1. The van der Waals surface area contributed by atoms with Gasteiger partial charge in [-0.05, 0) is 6.54 Å². The van der Waals surface area contributed by atoms with E-state index in [4.69, 9.17) is 4.74 Å². The number of hydrogen-bond donors (Lipinski definition) is 1. The molecule has 0 atom stereocenters. The largest absolute Gasteiger partial charge is 0.375 e. The summed E-state index contributed by atoms with van der Waals surface area (Å²) in [7, 11) is 0. The van der Waals surface area contributed by atoms with Crippen LogP contribution < -0.4 is 5.32 Å². The van der Waals surface area contributed by atoms with Gasteiger partial charge in [-0.25, -0.2) is 13.8 Å². The lowest BCUT2D eigenvalue weighted by molar-refractivity contribution is 0.0187. The Morgan fingerprint density at radius 2 is 2.29 bits per heavy atom. The molecule has 6 heteroatoms. The van der Waals surface area contributed by atoms with Crippen molar-refractivity contribution in [2.24, 2.45) is 0 Å². The van der Waals surface area contributed by atoms with Crippen LogP contribution in [0.3, 0.4) is 0 Å². The van der Waals surface area contributed by atoms with Crippen LogP contribution in [-0.2, 0) is 17.6 Å². The molecule has 0 aromatic carbocycles. The highest BCUT2D eigenvalue weighted by molar-refractivity contribution is 7.09. The molecule has 1 aromatic heterocycles. The van der Waals surface area contributed by atoms with Gasteiger partial charge in [0.2, 0.25) is 0 Å². The lowest BCUT2D eigenvalue weighted by atomic mass is 10.3. The molecule has 0 unspecified atom stereocenters. The van der Waals surface area contributed by atoms with Gasteiger partial charge in [0.25, 0.3) is 6.43 Å². The van der Waals surface area contributed by atoms with Crippen LogP contribution in [-0.4, -0.2) is 37.7 Å². The Labute approximate surface area is 104 Å². The van der Waals surface area contributed by atoms with Gasteiger partial charge < -0.3 is 10.1 Å². The number of hydrogen-bond acceptors (Lipinski definition) is 4. The Hall–Kier alpha value is -0.590. The van der Waals surface area contributed by atoms with Crippen molar-refractivity contribution in [3.63, 3.8) is 0 Å². The lowest BCUT2D eigenvalue weighted by Gasteiger charge is -2.01. The molecule has 98 valence electrons. The maximum absolute atomic E-state index is 11.8. The molecule has 0 amide bonds. The number of ether oxygens (including phenoxy) is 1. The number of nitrogens with zero attached hydrogens (tertiary/aromatic N) is 1. The topological polar surface area (TPSA) is 34.1 Å². The Balaban J connectivity index is 2.16. The van der Waals surface area contributed by atoms with E-state index in [-0.39, 0.29) is 0 Å². The van der Waals surface area contributed by atoms with Crippen LogP contribution in [0.4, 0.5) is 8.78 Å². The van der Waals surface area contributed by atoms with E-state index in [1.54, 1.807) is 11.3 Å². The summed E-state index contributed by atoms with van der Waals surface area (Å²) in [5.74, 6) is 0. The molecule has 0 saturated heterocycles. The number of thiazole rings is 1. The highest BCUT2D eigenvalue weighted by Gasteiger charge is 2.04. The zero-order chi connectivity index (χ0) is 12.5. The second-order valence-electron chi connectivity index (χ2n) is 3.55. The van der Waals surface area contributed by atoms with E-state index in [0.717, 1.165) is 30.2 Å². The molecule has 0 aliphatic carbocycles. The molecule has 0 spiro atoms. The zero-order valence-electron chi connectivity index (χ0n) is 9.92. The average Bonchev–Trinajstić information content (AvgIpc) is 2.73. The molecule has 17 heavy (non-hydrogen) atoms. The van der Waals surface area contributed by atoms with Crippen LogP contribution in [0, 0.1) is 0 Å². The Bertz CT molecular complexity index is 307. The van der Waals surface area contributed by atoms with Crippen molar-refractivity contribution in [1.82, 2.24) is 10.3 Å². The summed E-state index contributed by atoms with van der Waals surface area (Å²) in [4.78, 5) is 4.41. The fraction of sp³-hybridized carbons (Fsp3) is 0.727. The van der Waals surface area contributed by atoms with Crippen LogP contribution in [0.5, 0.6) is 0 Å². The van der Waals surface area contributed by atoms with Gasteiger partial charge in [-0.1, -0.05) is 6.92 Å². The van der Waals surface area contributed by atoms with E-state index in [1.807, 2.05) is 5.38 Å². The smallest absolute Gasteiger partial charge is 0.261 e. The minimum absolute atomic E-state index is 0.310. The zero-order valence-corrected chi connectivity index (χ0v) is 10.7. The van der Waals surface area contributed by atoms with Crippen molar-refractivity contribution in [3.05, 3.63) is 16.1 Å². The Morgan fingerprint density at radius 3 is 3.00 bits per heavy atom. The molecule has 1 heterocycles. The number of halogens is 2. The maximum Gasteiger partial charge on any atom is 0.261 e. The van der Waals surface area contributed by atoms with Crippen molar-refractivity contribution in [3.8, 4) is 0 Å². The number of aromatic nitrogens is 1. The standard InChI is InChI=1S/C11H18F2N2OS/c1-2-14-5-3-9-8-17-11(15-9)4-6-16-7-10(12)13/h8,10,14H,2-7H2,1H3. The monoisotopic (exact) mass is 264 g/mol. The van der Waals surface area contributed by atoms with Gasteiger partial charge in [0.05, 0.1) is 17.3 Å². The van der Waals surface area contributed by atoms with Gasteiger partial charge in [-0.2, -0.15) is 0 Å². The van der Waals surface area contributed by atoms with Crippen molar-refractivity contribution >= 4 is 11.3 Å². The summed E-state index contributed by atoms with van der Waals surface area (Å²) in [6.07, 6.45) is -0.872. The second-order valence-corrected chi connectivity index (χ2v) is 4.49. The molecule has 0 bridgehead atoms. The lowest BCUT2D eigenvalue weighted by Crippen LogP contribution is -2.16. The first-order chi connectivity index (χ1) is 8.22. The van der Waals surface area contributed by atoms with Crippen LogP contribution in [0.1, 0.15) is 17.6 Å². The van der Waals surface area contributed by atoms with Gasteiger partial charge in [-0.3, -0.25) is 0 Å². The summed E-state index contributed by atoms with van der Waals surface area (Å²) in [5, 5.41) is 6.19. The molecule has 0 aliphatic heterocycles. The van der Waals surface area contributed by atoms with Crippen molar-refractivity contribution < 1.29 is 13.5 Å². The molecule has 1 aromatic rings. The summed E-state index contributed by atoms with van der Waals surface area (Å²) in [5.41, 5.74) is 1.06. The molecule has 0 saturated carbocycles. The molecule has 3 nitrogen and oxygen atoms in total. The third kappa shape index (κ3) is 6.65. The van der Waals surface area contributed by atoms with E-state index >= 15 is 0 Å². The Kier molecular flexibility index (Phi) is 7.23. The fourth-order valence-electron chi connectivity index (χ4n) is 1.30. The van der Waals surface area contributed by atoms with E-state index in [1.165, 1.54) is 0 Å². The molecule has 0 aliphatic rings. The van der Waals surface area contributed by atoms with Gasteiger partial charge in [0.1, 0.15) is 6.61 Å². The molecule has 1 rings (SSSR count). The minimum atomic E-state index is -2.39. The third-order valence-corrected chi connectivity index (χ3v) is 3.07. The van der Waals surface area contributed by atoms with E-state index in [9.17, 15) is 8.78 Å².